The highest BCUT2D eigenvalue weighted by molar-refractivity contribution is 8.19. The van der Waals surface area contributed by atoms with Gasteiger partial charge >= 0.3 is 0 Å². The van der Waals surface area contributed by atoms with Gasteiger partial charge in [0.25, 0.3) is 8.32 Å². The van der Waals surface area contributed by atoms with Crippen molar-refractivity contribution >= 4 is 48.0 Å². The van der Waals surface area contributed by atoms with Crippen LogP contribution in [0.2, 0.25) is 5.04 Å². The molecule has 224 valence electrons. The fourth-order valence-corrected chi connectivity index (χ4v) is 14.7. The summed E-state index contributed by atoms with van der Waals surface area (Å²) in [5.41, 5.74) is 0.812. The first-order chi connectivity index (χ1) is 20.2. The topological polar surface area (TPSA) is 44.8 Å². The van der Waals surface area contributed by atoms with Gasteiger partial charge < -0.3 is 13.9 Å². The first kappa shape index (κ1) is 31.2. The van der Waals surface area contributed by atoms with Crippen LogP contribution in [0.5, 0.6) is 11.5 Å². The van der Waals surface area contributed by atoms with Crippen LogP contribution < -0.4 is 19.8 Å². The van der Waals surface area contributed by atoms with Crippen molar-refractivity contribution < 1.29 is 18.7 Å². The van der Waals surface area contributed by atoms with Gasteiger partial charge in [0.2, 0.25) is 0 Å². The Morgan fingerprint density at radius 1 is 0.810 bits per heavy atom. The molecule has 2 fully saturated rings. The number of thioether (sulfide) groups is 2. The molecule has 3 aromatic rings. The standard InChI is InChI=1S/C35H44O4S2Si/c1-33(2,3)42(28-13-8-6-9-14-28,29-15-10-7-11-16-29)39-22-21-34(27-17-18-30(37-4)31(25-27)38-5)19-20-35(32(36)26-34)40-23-12-24-41-35/h6-11,13-18,25H,12,19-24,26H2,1-5H3/t34-/m1/s1. The molecule has 1 aliphatic carbocycles. The third-order valence-corrected chi connectivity index (χ3v) is 17.7. The van der Waals surface area contributed by atoms with Gasteiger partial charge in [0, 0.05) is 18.4 Å². The summed E-state index contributed by atoms with van der Waals surface area (Å²) in [4.78, 5) is 14.1. The Kier molecular flexibility index (Phi) is 9.53. The highest BCUT2D eigenvalue weighted by Gasteiger charge is 2.53. The summed E-state index contributed by atoms with van der Waals surface area (Å²) in [6.07, 6.45) is 4.29. The SMILES string of the molecule is COc1ccc([C@@]2(CCO[Si](c3ccccc3)(c3ccccc3)C(C)(C)C)CCC3(SCCCS3)C(=O)C2)cc1OC. The molecule has 7 heteroatoms. The molecule has 0 amide bonds. The molecule has 1 saturated carbocycles. The Balaban J connectivity index is 1.52. The number of hydrogen-bond acceptors (Lipinski definition) is 6. The lowest BCUT2D eigenvalue weighted by Crippen LogP contribution is -2.66. The van der Waals surface area contributed by atoms with Crippen molar-refractivity contribution in [3.63, 3.8) is 0 Å². The number of rotatable bonds is 9. The van der Waals surface area contributed by atoms with Gasteiger partial charge in [-0.3, -0.25) is 4.79 Å². The molecular formula is C35H44O4S2Si. The third kappa shape index (κ3) is 5.82. The van der Waals surface area contributed by atoms with Gasteiger partial charge in [0.15, 0.2) is 17.3 Å². The second kappa shape index (κ2) is 12.8. The van der Waals surface area contributed by atoms with E-state index >= 15 is 0 Å². The highest BCUT2D eigenvalue weighted by Crippen LogP contribution is 2.55. The van der Waals surface area contributed by atoms with Crippen molar-refractivity contribution in [1.82, 2.24) is 0 Å². The van der Waals surface area contributed by atoms with Crippen LogP contribution in [0.25, 0.3) is 0 Å². The van der Waals surface area contributed by atoms with Gasteiger partial charge in [-0.2, -0.15) is 0 Å². The maximum atomic E-state index is 14.1. The molecule has 4 nitrogen and oxygen atoms in total. The van der Waals surface area contributed by atoms with Crippen LogP contribution >= 0.6 is 23.5 Å². The van der Waals surface area contributed by atoms with Gasteiger partial charge in [-0.05, 0) is 70.3 Å². The maximum absolute atomic E-state index is 14.1. The number of carbonyl (C=O) groups excluding carboxylic acids is 1. The number of ketones is 1. The van der Waals surface area contributed by atoms with E-state index in [9.17, 15) is 4.79 Å². The fourth-order valence-electron chi connectivity index (χ4n) is 6.88. The quantitative estimate of drug-likeness (QED) is 0.235. The smallest absolute Gasteiger partial charge is 0.261 e. The second-order valence-corrected chi connectivity index (χ2v) is 19.9. The van der Waals surface area contributed by atoms with Gasteiger partial charge in [-0.15, -0.1) is 23.5 Å². The van der Waals surface area contributed by atoms with Crippen LogP contribution in [-0.2, 0) is 14.6 Å². The van der Waals surface area contributed by atoms with Crippen LogP contribution in [0.3, 0.4) is 0 Å². The minimum atomic E-state index is -2.69. The molecular weight excluding hydrogens is 577 g/mol. The van der Waals surface area contributed by atoms with E-state index in [-0.39, 0.29) is 14.5 Å². The van der Waals surface area contributed by atoms with Gasteiger partial charge in [-0.25, -0.2) is 0 Å². The van der Waals surface area contributed by atoms with Crippen molar-refractivity contribution in [3.05, 3.63) is 84.4 Å². The Morgan fingerprint density at radius 3 is 1.93 bits per heavy atom. The molecule has 0 bridgehead atoms. The summed E-state index contributed by atoms with van der Waals surface area (Å²) < 4.78 is 18.3. The Bertz CT molecular complexity index is 1310. The molecule has 1 spiro atoms. The molecule has 0 aromatic heterocycles. The molecule has 0 radical (unpaired) electrons. The van der Waals surface area contributed by atoms with E-state index in [2.05, 4.69) is 93.6 Å². The van der Waals surface area contributed by atoms with Crippen LogP contribution in [0.1, 0.15) is 58.4 Å². The molecule has 5 rings (SSSR count). The van der Waals surface area contributed by atoms with Gasteiger partial charge in [0.1, 0.15) is 4.08 Å². The van der Waals surface area contributed by atoms with E-state index in [1.54, 1.807) is 14.2 Å². The van der Waals surface area contributed by atoms with E-state index < -0.39 is 8.32 Å². The second-order valence-electron chi connectivity index (χ2n) is 12.5. The zero-order valence-corrected chi connectivity index (χ0v) is 28.2. The Hall–Kier alpha value is -2.19. The summed E-state index contributed by atoms with van der Waals surface area (Å²) in [6.45, 7) is 7.51. The van der Waals surface area contributed by atoms with Crippen molar-refractivity contribution in [1.29, 1.82) is 0 Å². The predicted molar refractivity (Wildman–Crippen MR) is 181 cm³/mol. The number of Topliss-reactive ketones (excluding diaryl/α,β-unsaturated/α-hetero) is 1. The van der Waals surface area contributed by atoms with Crippen LogP contribution in [-0.4, -0.2) is 50.5 Å². The molecule has 3 aromatic carbocycles. The number of ether oxygens (including phenoxy) is 2. The van der Waals surface area contributed by atoms with Gasteiger partial charge in [0.05, 0.1) is 14.2 Å². The van der Waals surface area contributed by atoms with Gasteiger partial charge in [-0.1, -0.05) is 87.5 Å². The zero-order chi connectivity index (χ0) is 29.8. The molecule has 1 heterocycles. The van der Waals surface area contributed by atoms with E-state index in [1.807, 2.05) is 29.6 Å². The van der Waals surface area contributed by atoms with Crippen molar-refractivity contribution in [2.45, 2.75) is 67.4 Å². The maximum Gasteiger partial charge on any atom is 0.261 e. The summed E-state index contributed by atoms with van der Waals surface area (Å²) >= 11 is 3.75. The average Bonchev–Trinajstić information content (AvgIpc) is 3.01. The summed E-state index contributed by atoms with van der Waals surface area (Å²) in [5.74, 6) is 3.93. The van der Waals surface area contributed by atoms with Crippen molar-refractivity contribution in [2.75, 3.05) is 32.3 Å². The molecule has 1 saturated heterocycles. The summed E-state index contributed by atoms with van der Waals surface area (Å²) in [5, 5.41) is 2.45. The van der Waals surface area contributed by atoms with E-state index in [0.29, 0.717) is 30.3 Å². The molecule has 0 N–H and O–H groups in total. The van der Waals surface area contributed by atoms with Crippen LogP contribution in [0.15, 0.2) is 78.9 Å². The van der Waals surface area contributed by atoms with E-state index in [1.165, 1.54) is 16.8 Å². The first-order valence-electron chi connectivity index (χ1n) is 15.0. The highest BCUT2D eigenvalue weighted by atomic mass is 32.2. The lowest BCUT2D eigenvalue weighted by Gasteiger charge is -2.47. The largest absolute Gasteiger partial charge is 0.493 e. The van der Waals surface area contributed by atoms with Crippen LogP contribution in [0, 0.1) is 0 Å². The molecule has 1 atom stereocenters. The number of hydrogen-bond donors (Lipinski definition) is 0. The number of benzene rings is 3. The van der Waals surface area contributed by atoms with Crippen LogP contribution in [0.4, 0.5) is 0 Å². The normalized spacial score (nSPS) is 20.8. The van der Waals surface area contributed by atoms with E-state index in [4.69, 9.17) is 13.9 Å². The lowest BCUT2D eigenvalue weighted by molar-refractivity contribution is -0.122. The average molecular weight is 621 g/mol. The predicted octanol–water partition coefficient (Wildman–Crippen LogP) is 7.23. The Morgan fingerprint density at radius 2 is 1.40 bits per heavy atom. The molecule has 2 aliphatic rings. The first-order valence-corrected chi connectivity index (χ1v) is 18.9. The Labute approximate surface area is 261 Å². The zero-order valence-electron chi connectivity index (χ0n) is 25.6. The molecule has 0 unspecified atom stereocenters. The molecule has 42 heavy (non-hydrogen) atoms. The summed E-state index contributed by atoms with van der Waals surface area (Å²) in [6, 6.07) is 27.8. The van der Waals surface area contributed by atoms with E-state index in [0.717, 1.165) is 36.3 Å². The third-order valence-electron chi connectivity index (χ3n) is 9.13. The minimum Gasteiger partial charge on any atom is -0.493 e. The lowest BCUT2D eigenvalue weighted by atomic mass is 9.66. The fraction of sp³-hybridized carbons (Fsp3) is 0.457. The number of methoxy groups -OCH3 is 2. The van der Waals surface area contributed by atoms with Crippen molar-refractivity contribution in [3.8, 4) is 11.5 Å². The number of carbonyl (C=O) groups is 1. The minimum absolute atomic E-state index is 0.103. The monoisotopic (exact) mass is 620 g/mol. The molecule has 1 aliphatic heterocycles. The van der Waals surface area contributed by atoms with Crippen molar-refractivity contribution in [2.24, 2.45) is 0 Å². The summed E-state index contributed by atoms with van der Waals surface area (Å²) in [7, 11) is 0.647.